The Labute approximate surface area is 99.2 Å². The molecule has 1 fully saturated rings. The average molecular weight is 254 g/mol. The van der Waals surface area contributed by atoms with Crippen molar-refractivity contribution in [3.8, 4) is 0 Å². The van der Waals surface area contributed by atoms with Crippen molar-refractivity contribution >= 4 is 17.3 Å². The zero-order valence-corrected chi connectivity index (χ0v) is 10.1. The van der Waals surface area contributed by atoms with Gasteiger partial charge in [0.25, 0.3) is 0 Å². The summed E-state index contributed by atoms with van der Waals surface area (Å²) in [7, 11) is 0. The second-order valence-corrected chi connectivity index (χ2v) is 4.45. The Morgan fingerprint density at radius 2 is 1.94 bits per heavy atom. The van der Waals surface area contributed by atoms with Crippen LogP contribution in [0.25, 0.3) is 0 Å². The second kappa shape index (κ2) is 5.70. The zero-order valence-electron chi connectivity index (χ0n) is 9.31. The van der Waals surface area contributed by atoms with E-state index in [4.69, 9.17) is 12.2 Å². The molecule has 0 bridgehead atoms. The lowest BCUT2D eigenvalue weighted by atomic mass is 10.2. The Kier molecular flexibility index (Phi) is 4.83. The normalized spacial score (nSPS) is 17.5. The van der Waals surface area contributed by atoms with Gasteiger partial charge in [-0.2, -0.15) is 13.2 Å². The molecule has 0 atom stereocenters. The van der Waals surface area contributed by atoms with Gasteiger partial charge in [-0.3, -0.25) is 0 Å². The van der Waals surface area contributed by atoms with Crippen molar-refractivity contribution < 1.29 is 13.2 Å². The summed E-state index contributed by atoms with van der Waals surface area (Å²) in [5.41, 5.74) is 0. The highest BCUT2D eigenvalue weighted by molar-refractivity contribution is 7.80. The molecule has 0 aromatic rings. The van der Waals surface area contributed by atoms with Crippen LogP contribution in [0.2, 0.25) is 0 Å². The zero-order chi connectivity index (χ0) is 12.2. The van der Waals surface area contributed by atoms with Crippen LogP contribution in [-0.4, -0.2) is 35.3 Å². The number of nitrogens with zero attached hydrogens (tertiary/aromatic N) is 1. The summed E-state index contributed by atoms with van der Waals surface area (Å²) in [6, 6.07) is 0.259. The molecular weight excluding hydrogens is 237 g/mol. The van der Waals surface area contributed by atoms with Gasteiger partial charge in [0.2, 0.25) is 0 Å². The van der Waals surface area contributed by atoms with E-state index >= 15 is 0 Å². The van der Waals surface area contributed by atoms with Gasteiger partial charge >= 0.3 is 6.18 Å². The highest BCUT2D eigenvalue weighted by Crippen LogP contribution is 2.19. The van der Waals surface area contributed by atoms with Gasteiger partial charge in [0.05, 0.1) is 0 Å². The monoisotopic (exact) mass is 254 g/mol. The number of alkyl halides is 3. The maximum absolute atomic E-state index is 12.2. The van der Waals surface area contributed by atoms with E-state index in [2.05, 4.69) is 5.32 Å². The minimum Gasteiger partial charge on any atom is -0.360 e. The molecule has 0 spiro atoms. The maximum atomic E-state index is 12.2. The number of hydrogen-bond donors (Lipinski definition) is 1. The molecule has 1 aliphatic carbocycles. The first-order valence-corrected chi connectivity index (χ1v) is 5.95. The van der Waals surface area contributed by atoms with Crippen LogP contribution >= 0.6 is 12.2 Å². The van der Waals surface area contributed by atoms with Gasteiger partial charge in [0.1, 0.15) is 6.54 Å². The van der Waals surface area contributed by atoms with Crippen LogP contribution in [0.3, 0.4) is 0 Å². The average Bonchev–Trinajstić information content (AvgIpc) is 2.65. The number of hydrogen-bond acceptors (Lipinski definition) is 1. The predicted molar refractivity (Wildman–Crippen MR) is 61.3 cm³/mol. The van der Waals surface area contributed by atoms with Gasteiger partial charge in [-0.25, -0.2) is 0 Å². The van der Waals surface area contributed by atoms with Crippen molar-refractivity contribution in [3.05, 3.63) is 0 Å². The van der Waals surface area contributed by atoms with E-state index in [1.807, 2.05) is 0 Å². The van der Waals surface area contributed by atoms with Gasteiger partial charge in [-0.1, -0.05) is 12.8 Å². The first-order chi connectivity index (χ1) is 7.42. The molecule has 1 rings (SSSR count). The minimum absolute atomic E-state index is 0.228. The quantitative estimate of drug-likeness (QED) is 0.780. The second-order valence-electron chi connectivity index (χ2n) is 4.06. The van der Waals surface area contributed by atoms with Crippen molar-refractivity contribution in [2.45, 2.75) is 44.8 Å². The van der Waals surface area contributed by atoms with Crippen LogP contribution in [0.1, 0.15) is 32.6 Å². The molecule has 0 unspecified atom stereocenters. The molecule has 0 aromatic heterocycles. The molecule has 2 nitrogen and oxygen atoms in total. The third kappa shape index (κ3) is 4.55. The molecular formula is C10H17F3N2S. The van der Waals surface area contributed by atoms with E-state index in [-0.39, 0.29) is 17.7 Å². The van der Waals surface area contributed by atoms with Gasteiger partial charge in [0.15, 0.2) is 5.11 Å². The Balaban J connectivity index is 2.42. The molecule has 0 aromatic carbocycles. The van der Waals surface area contributed by atoms with Crippen molar-refractivity contribution in [2.24, 2.45) is 0 Å². The van der Waals surface area contributed by atoms with E-state index in [1.165, 1.54) is 0 Å². The molecule has 16 heavy (non-hydrogen) atoms. The first kappa shape index (κ1) is 13.5. The highest BCUT2D eigenvalue weighted by atomic mass is 32.1. The van der Waals surface area contributed by atoms with E-state index < -0.39 is 12.7 Å². The molecule has 0 amide bonds. The SMILES string of the molecule is CCN(CC(F)(F)F)C(=S)NC1CCCC1. The first-order valence-electron chi connectivity index (χ1n) is 5.54. The molecule has 1 aliphatic rings. The molecule has 0 aliphatic heterocycles. The van der Waals surface area contributed by atoms with Crippen LogP contribution in [0, 0.1) is 0 Å². The molecule has 0 radical (unpaired) electrons. The minimum atomic E-state index is -4.20. The molecule has 1 saturated carbocycles. The van der Waals surface area contributed by atoms with Crippen molar-refractivity contribution in [3.63, 3.8) is 0 Å². The molecule has 6 heteroatoms. The summed E-state index contributed by atoms with van der Waals surface area (Å²) in [5, 5.41) is 3.24. The predicted octanol–water partition coefficient (Wildman–Crippen LogP) is 2.69. The third-order valence-electron chi connectivity index (χ3n) is 2.72. The van der Waals surface area contributed by atoms with Crippen LogP contribution in [-0.2, 0) is 0 Å². The fourth-order valence-corrected chi connectivity index (χ4v) is 2.24. The van der Waals surface area contributed by atoms with Gasteiger partial charge in [-0.15, -0.1) is 0 Å². The summed E-state index contributed by atoms with van der Waals surface area (Å²) in [6.07, 6.45) is 0.0716. The maximum Gasteiger partial charge on any atom is 0.406 e. The number of thiocarbonyl (C=S) groups is 1. The fourth-order valence-electron chi connectivity index (χ4n) is 1.88. The van der Waals surface area contributed by atoms with Crippen LogP contribution < -0.4 is 5.32 Å². The number of rotatable bonds is 3. The lowest BCUT2D eigenvalue weighted by Gasteiger charge is -2.27. The summed E-state index contributed by atoms with van der Waals surface area (Å²) < 4.78 is 36.7. The summed E-state index contributed by atoms with van der Waals surface area (Å²) >= 11 is 4.99. The molecule has 94 valence electrons. The largest absolute Gasteiger partial charge is 0.406 e. The standard InChI is InChI=1S/C10H17F3N2S/c1-2-15(7-10(11,12)13)9(16)14-8-5-3-4-6-8/h8H,2-7H2,1H3,(H,14,16). The molecule has 0 heterocycles. The Morgan fingerprint density at radius 1 is 1.38 bits per heavy atom. The third-order valence-corrected chi connectivity index (χ3v) is 3.10. The van der Waals surface area contributed by atoms with Crippen molar-refractivity contribution in [2.75, 3.05) is 13.1 Å². The van der Waals surface area contributed by atoms with E-state index in [1.54, 1.807) is 6.92 Å². The van der Waals surface area contributed by atoms with Crippen molar-refractivity contribution in [1.29, 1.82) is 0 Å². The lowest BCUT2D eigenvalue weighted by Crippen LogP contribution is -2.47. The Morgan fingerprint density at radius 3 is 2.38 bits per heavy atom. The summed E-state index contributed by atoms with van der Waals surface area (Å²) in [5.74, 6) is 0. The van der Waals surface area contributed by atoms with E-state index in [9.17, 15) is 13.2 Å². The Hall–Kier alpha value is -0.520. The molecule has 1 N–H and O–H groups in total. The van der Waals surface area contributed by atoms with Crippen molar-refractivity contribution in [1.82, 2.24) is 10.2 Å². The fraction of sp³-hybridized carbons (Fsp3) is 0.900. The van der Waals surface area contributed by atoms with E-state index in [0.29, 0.717) is 0 Å². The van der Waals surface area contributed by atoms with Crippen LogP contribution in [0.4, 0.5) is 13.2 Å². The Bertz CT molecular complexity index is 237. The van der Waals surface area contributed by atoms with Gasteiger partial charge < -0.3 is 10.2 Å². The smallest absolute Gasteiger partial charge is 0.360 e. The molecule has 0 saturated heterocycles. The van der Waals surface area contributed by atoms with Crippen LogP contribution in [0.5, 0.6) is 0 Å². The number of nitrogens with one attached hydrogen (secondary N) is 1. The highest BCUT2D eigenvalue weighted by Gasteiger charge is 2.31. The van der Waals surface area contributed by atoms with Gasteiger partial charge in [-0.05, 0) is 32.0 Å². The van der Waals surface area contributed by atoms with E-state index in [0.717, 1.165) is 30.6 Å². The summed E-state index contributed by atoms with van der Waals surface area (Å²) in [4.78, 5) is 1.16. The van der Waals surface area contributed by atoms with Crippen LogP contribution in [0.15, 0.2) is 0 Å². The summed E-state index contributed by atoms with van der Waals surface area (Å²) in [6.45, 7) is 0.981. The van der Waals surface area contributed by atoms with Gasteiger partial charge in [0, 0.05) is 12.6 Å². The lowest BCUT2D eigenvalue weighted by molar-refractivity contribution is -0.137. The topological polar surface area (TPSA) is 15.3 Å². The number of halogens is 3.